The van der Waals surface area contributed by atoms with Crippen LogP contribution in [-0.4, -0.2) is 23.3 Å². The second-order valence-electron chi connectivity index (χ2n) is 9.49. The summed E-state index contributed by atoms with van der Waals surface area (Å²) >= 11 is 0. The molecule has 1 N–H and O–H groups in total. The molecule has 1 saturated heterocycles. The van der Waals surface area contributed by atoms with Crippen molar-refractivity contribution in [2.24, 2.45) is 0 Å². The minimum Gasteiger partial charge on any atom is -0.406 e. The van der Waals surface area contributed by atoms with Gasteiger partial charge in [-0.3, -0.25) is 15.1 Å². The molecule has 0 unspecified atom stereocenters. The number of aromatic nitrogens is 1. The number of hydrogen-bond acceptors (Lipinski definition) is 5. The van der Waals surface area contributed by atoms with Gasteiger partial charge in [-0.25, -0.2) is 0 Å². The van der Waals surface area contributed by atoms with Gasteiger partial charge >= 0.3 is 12.5 Å². The van der Waals surface area contributed by atoms with Crippen molar-refractivity contribution in [1.82, 2.24) is 10.3 Å². The lowest BCUT2D eigenvalue weighted by Crippen LogP contribution is -2.47. The molecule has 39 heavy (non-hydrogen) atoms. The van der Waals surface area contributed by atoms with Crippen LogP contribution in [0.25, 0.3) is 0 Å². The monoisotopic (exact) mass is 548 g/mol. The van der Waals surface area contributed by atoms with E-state index in [1.807, 2.05) is 6.07 Å². The molecule has 12 heteroatoms. The van der Waals surface area contributed by atoms with Crippen molar-refractivity contribution in [3.05, 3.63) is 89.2 Å². The number of nitrogens with zero attached hydrogens (tertiary/aromatic N) is 3. The molecule has 6 nitrogen and oxygen atoms in total. The first-order valence-electron chi connectivity index (χ1n) is 11.7. The van der Waals surface area contributed by atoms with E-state index >= 15 is 0 Å². The van der Waals surface area contributed by atoms with Crippen molar-refractivity contribution in [2.45, 2.75) is 50.4 Å². The summed E-state index contributed by atoms with van der Waals surface area (Å²) in [6.45, 7) is 3.39. The van der Waals surface area contributed by atoms with Crippen LogP contribution >= 0.6 is 0 Å². The lowest BCUT2D eigenvalue weighted by atomic mass is 9.93. The van der Waals surface area contributed by atoms with E-state index in [9.17, 15) is 36.4 Å². The summed E-state index contributed by atoms with van der Waals surface area (Å²) in [5.41, 5.74) is -0.298. The third-order valence-corrected chi connectivity index (χ3v) is 6.37. The van der Waals surface area contributed by atoms with E-state index in [0.717, 1.165) is 24.4 Å². The first-order valence-corrected chi connectivity index (χ1v) is 11.7. The van der Waals surface area contributed by atoms with Crippen LogP contribution in [0.2, 0.25) is 0 Å². The van der Waals surface area contributed by atoms with Gasteiger partial charge in [0.2, 0.25) is 5.91 Å². The third kappa shape index (κ3) is 6.31. The third-order valence-electron chi connectivity index (χ3n) is 6.37. The highest BCUT2D eigenvalue weighted by molar-refractivity contribution is 6.00. The molecule has 0 saturated carbocycles. The number of halogens is 6. The quantitative estimate of drug-likeness (QED) is 0.369. The van der Waals surface area contributed by atoms with Crippen molar-refractivity contribution in [3.8, 4) is 11.8 Å². The van der Waals surface area contributed by atoms with Crippen LogP contribution in [0.3, 0.4) is 0 Å². The summed E-state index contributed by atoms with van der Waals surface area (Å²) in [6, 6.07) is 14.3. The second-order valence-corrected chi connectivity index (χ2v) is 9.49. The van der Waals surface area contributed by atoms with Crippen molar-refractivity contribution in [3.63, 3.8) is 0 Å². The topological polar surface area (TPSA) is 78.3 Å². The van der Waals surface area contributed by atoms with Gasteiger partial charge in [-0.05, 0) is 73.9 Å². The van der Waals surface area contributed by atoms with Crippen LogP contribution in [0.4, 0.5) is 32.0 Å². The zero-order valence-electron chi connectivity index (χ0n) is 20.6. The number of carbonyl (C=O) groups is 1. The first-order chi connectivity index (χ1) is 18.2. The number of alkyl halides is 6. The minimum atomic E-state index is -4.88. The van der Waals surface area contributed by atoms with E-state index < -0.39 is 47.5 Å². The number of hydrogen-bond donors (Lipinski definition) is 1. The summed E-state index contributed by atoms with van der Waals surface area (Å²) in [6.07, 6.45) is -8.16. The van der Waals surface area contributed by atoms with Gasteiger partial charge in [0.05, 0.1) is 23.7 Å². The van der Waals surface area contributed by atoms with Crippen molar-refractivity contribution in [2.75, 3.05) is 4.90 Å². The minimum absolute atomic E-state index is 0.214. The zero-order chi connectivity index (χ0) is 28.6. The number of benzene rings is 2. The standard InChI is InChI=1S/C27H22F6N4O2/c1-25(2,18-6-11-23(35-15-18)26(28,29)30)36-21-13-22(17-5-3-4-16(12-17)14-34)37(24(21)38)19-7-9-20(10-8-19)39-27(31,32)33/h3-12,15,21-22,36H,13H2,1-2H3/t21-,22-/m0/s1. The molecule has 204 valence electrons. The summed E-state index contributed by atoms with van der Waals surface area (Å²) in [5.74, 6) is -0.855. The number of carbonyl (C=O) groups excluding carboxylic acids is 1. The van der Waals surface area contributed by atoms with Gasteiger partial charge in [0.25, 0.3) is 0 Å². The molecule has 1 fully saturated rings. The van der Waals surface area contributed by atoms with Crippen molar-refractivity contribution >= 4 is 11.6 Å². The van der Waals surface area contributed by atoms with Crippen LogP contribution in [0.1, 0.15) is 48.7 Å². The Morgan fingerprint density at radius 2 is 1.72 bits per heavy atom. The van der Waals surface area contributed by atoms with E-state index in [-0.39, 0.29) is 6.42 Å². The Bertz CT molecular complexity index is 1380. The number of nitriles is 1. The molecule has 1 aromatic heterocycles. The van der Waals surface area contributed by atoms with Gasteiger partial charge in [-0.15, -0.1) is 13.2 Å². The molecule has 0 aliphatic carbocycles. The maximum atomic E-state index is 13.7. The Kier molecular flexibility index (Phi) is 7.32. The fourth-order valence-electron chi connectivity index (χ4n) is 4.54. The van der Waals surface area contributed by atoms with Crippen LogP contribution < -0.4 is 15.0 Å². The Labute approximate surface area is 219 Å². The highest BCUT2D eigenvalue weighted by atomic mass is 19.4. The van der Waals surface area contributed by atoms with Crippen LogP contribution in [-0.2, 0) is 16.5 Å². The number of pyridine rings is 1. The average Bonchev–Trinajstić information content (AvgIpc) is 3.18. The molecule has 1 amide bonds. The Balaban J connectivity index is 1.65. The van der Waals surface area contributed by atoms with Gasteiger partial charge in [0.1, 0.15) is 11.4 Å². The first kappa shape index (κ1) is 27.9. The van der Waals surface area contributed by atoms with Crippen molar-refractivity contribution < 1.29 is 35.9 Å². The molecule has 4 rings (SSSR count). The largest absolute Gasteiger partial charge is 0.573 e. The molecule has 3 aromatic rings. The van der Waals surface area contributed by atoms with Crippen LogP contribution in [0.5, 0.6) is 5.75 Å². The number of anilines is 1. The number of ether oxygens (including phenoxy) is 1. The fourth-order valence-corrected chi connectivity index (χ4v) is 4.54. The summed E-state index contributed by atoms with van der Waals surface area (Å²) < 4.78 is 80.6. The molecule has 0 bridgehead atoms. The lowest BCUT2D eigenvalue weighted by Gasteiger charge is -2.30. The molecule has 2 heterocycles. The summed E-state index contributed by atoms with van der Waals surface area (Å²) in [5, 5.41) is 12.5. The van der Waals surface area contributed by atoms with Crippen LogP contribution in [0, 0.1) is 11.3 Å². The van der Waals surface area contributed by atoms with Crippen LogP contribution in [0.15, 0.2) is 66.9 Å². The summed E-state index contributed by atoms with van der Waals surface area (Å²) in [7, 11) is 0. The summed E-state index contributed by atoms with van der Waals surface area (Å²) in [4.78, 5) is 18.6. The maximum Gasteiger partial charge on any atom is 0.573 e. The predicted octanol–water partition coefficient (Wildman–Crippen LogP) is 6.24. The normalized spacial score (nSPS) is 18.2. The molecular formula is C27H22F6N4O2. The Hall–Kier alpha value is -4.11. The molecule has 1 aliphatic heterocycles. The van der Waals surface area contributed by atoms with Crippen molar-refractivity contribution in [1.29, 1.82) is 5.26 Å². The second kappa shape index (κ2) is 10.2. The molecular weight excluding hydrogens is 526 g/mol. The van der Waals surface area contributed by atoms with Gasteiger partial charge < -0.3 is 9.64 Å². The van der Waals surface area contributed by atoms with Gasteiger partial charge in [-0.1, -0.05) is 18.2 Å². The van der Waals surface area contributed by atoms with E-state index in [4.69, 9.17) is 0 Å². The smallest absolute Gasteiger partial charge is 0.406 e. The zero-order valence-corrected chi connectivity index (χ0v) is 20.6. The van der Waals surface area contributed by atoms with E-state index in [2.05, 4.69) is 15.0 Å². The molecule has 2 aromatic carbocycles. The van der Waals surface area contributed by atoms with E-state index in [1.54, 1.807) is 38.1 Å². The maximum absolute atomic E-state index is 13.7. The van der Waals surface area contributed by atoms with Gasteiger partial charge in [-0.2, -0.15) is 18.4 Å². The lowest BCUT2D eigenvalue weighted by molar-refractivity contribution is -0.274. The Morgan fingerprint density at radius 3 is 2.28 bits per heavy atom. The van der Waals surface area contributed by atoms with Gasteiger partial charge in [0, 0.05) is 17.4 Å². The molecule has 2 atom stereocenters. The predicted molar refractivity (Wildman–Crippen MR) is 128 cm³/mol. The molecule has 0 spiro atoms. The molecule has 1 aliphatic rings. The number of amides is 1. The number of rotatable bonds is 6. The molecule has 0 radical (unpaired) electrons. The number of nitrogens with one attached hydrogen (secondary N) is 1. The average molecular weight is 548 g/mol. The highest BCUT2D eigenvalue weighted by Gasteiger charge is 2.44. The van der Waals surface area contributed by atoms with Gasteiger partial charge in [0.15, 0.2) is 0 Å². The van der Waals surface area contributed by atoms with E-state index in [0.29, 0.717) is 22.4 Å². The SMILES string of the molecule is CC(C)(N[C@H]1C[C@@H](c2cccc(C#N)c2)N(c2ccc(OC(F)(F)F)cc2)C1=O)c1ccc(C(F)(F)F)nc1. The highest BCUT2D eigenvalue weighted by Crippen LogP contribution is 2.40. The Morgan fingerprint density at radius 1 is 1.03 bits per heavy atom. The van der Waals surface area contributed by atoms with E-state index in [1.165, 1.54) is 23.1 Å². The fraction of sp³-hybridized carbons (Fsp3) is 0.296.